The predicted molar refractivity (Wildman–Crippen MR) is 61.9 cm³/mol. The maximum absolute atomic E-state index is 10.3. The van der Waals surface area contributed by atoms with Gasteiger partial charge in [-0.05, 0) is 44.2 Å². The van der Waals surface area contributed by atoms with E-state index in [4.69, 9.17) is 0 Å². The zero-order valence-electron chi connectivity index (χ0n) is 9.71. The summed E-state index contributed by atoms with van der Waals surface area (Å²) in [7, 11) is 0. The van der Waals surface area contributed by atoms with Gasteiger partial charge in [0.1, 0.15) is 6.29 Å². The molecule has 2 aliphatic rings. The highest BCUT2D eigenvalue weighted by Gasteiger charge is 2.34. The van der Waals surface area contributed by atoms with Crippen LogP contribution < -0.4 is 0 Å². The second kappa shape index (κ2) is 5.11. The third-order valence-electron chi connectivity index (χ3n) is 4.39. The second-order valence-corrected chi connectivity index (χ2v) is 5.36. The van der Waals surface area contributed by atoms with Crippen LogP contribution in [0.15, 0.2) is 0 Å². The Kier molecular flexibility index (Phi) is 3.79. The third kappa shape index (κ3) is 2.81. The van der Waals surface area contributed by atoms with Crippen LogP contribution in [-0.2, 0) is 4.79 Å². The van der Waals surface area contributed by atoms with Crippen molar-refractivity contribution in [1.82, 2.24) is 4.90 Å². The van der Waals surface area contributed by atoms with E-state index >= 15 is 0 Å². The Morgan fingerprint density at radius 2 is 1.67 bits per heavy atom. The van der Waals surface area contributed by atoms with Crippen molar-refractivity contribution in [3.63, 3.8) is 0 Å². The van der Waals surface area contributed by atoms with Gasteiger partial charge in [0.05, 0.1) is 0 Å². The summed E-state index contributed by atoms with van der Waals surface area (Å²) in [5.41, 5.74) is 0.704. The molecule has 2 rings (SSSR count). The summed E-state index contributed by atoms with van der Waals surface area (Å²) in [5.74, 6) is 0. The summed E-state index contributed by atoms with van der Waals surface area (Å²) in [5, 5.41) is 0. The molecule has 0 aromatic heterocycles. The quantitative estimate of drug-likeness (QED) is 0.666. The van der Waals surface area contributed by atoms with E-state index in [0.29, 0.717) is 11.8 Å². The molecule has 86 valence electrons. The number of rotatable bonds is 3. The van der Waals surface area contributed by atoms with Gasteiger partial charge < -0.3 is 9.69 Å². The first-order chi connectivity index (χ1) is 7.35. The first kappa shape index (κ1) is 11.1. The number of carbonyl (C=O) groups is 1. The fraction of sp³-hybridized carbons (Fsp3) is 0.923. The molecule has 2 fully saturated rings. The first-order valence-corrected chi connectivity index (χ1v) is 6.51. The van der Waals surface area contributed by atoms with Gasteiger partial charge in [-0.2, -0.15) is 0 Å². The fourth-order valence-corrected chi connectivity index (χ4v) is 3.29. The lowest BCUT2D eigenvalue weighted by atomic mass is 9.68. The molecule has 1 saturated heterocycles. The van der Waals surface area contributed by atoms with Crippen LogP contribution in [0.3, 0.4) is 0 Å². The zero-order valence-corrected chi connectivity index (χ0v) is 9.71. The summed E-state index contributed by atoms with van der Waals surface area (Å²) in [4.78, 5) is 12.8. The minimum atomic E-state index is 0.704. The molecule has 2 heteroatoms. The number of likely N-dealkylation sites (tertiary alicyclic amines) is 1. The molecular formula is C13H23NO. The number of aldehydes is 1. The Balaban J connectivity index is 1.77. The first-order valence-electron chi connectivity index (χ1n) is 6.51. The van der Waals surface area contributed by atoms with Crippen molar-refractivity contribution in [1.29, 1.82) is 0 Å². The monoisotopic (exact) mass is 209 g/mol. The highest BCUT2D eigenvalue weighted by atomic mass is 16.1. The lowest BCUT2D eigenvalue weighted by Gasteiger charge is -2.44. The molecular weight excluding hydrogens is 186 g/mol. The van der Waals surface area contributed by atoms with Gasteiger partial charge in [-0.25, -0.2) is 0 Å². The largest absolute Gasteiger partial charge is 0.303 e. The highest BCUT2D eigenvalue weighted by molar-refractivity contribution is 5.49. The van der Waals surface area contributed by atoms with E-state index in [1.807, 2.05) is 0 Å². The van der Waals surface area contributed by atoms with Crippen LogP contribution >= 0.6 is 0 Å². The third-order valence-corrected chi connectivity index (χ3v) is 4.39. The van der Waals surface area contributed by atoms with Crippen LogP contribution in [0.25, 0.3) is 0 Å². The van der Waals surface area contributed by atoms with Gasteiger partial charge >= 0.3 is 0 Å². The molecule has 2 nitrogen and oxygen atoms in total. The molecule has 0 amide bonds. The van der Waals surface area contributed by atoms with Crippen molar-refractivity contribution in [2.75, 3.05) is 19.6 Å². The summed E-state index contributed by atoms with van der Waals surface area (Å²) in [6.07, 6.45) is 11.8. The maximum Gasteiger partial charge on any atom is 0.121 e. The highest BCUT2D eigenvalue weighted by Crippen LogP contribution is 2.44. The average Bonchev–Trinajstić information content (AvgIpc) is 2.30. The number of hydrogen-bond donors (Lipinski definition) is 0. The van der Waals surface area contributed by atoms with E-state index in [1.165, 1.54) is 58.0 Å². The lowest BCUT2D eigenvalue weighted by Crippen LogP contribution is -2.41. The van der Waals surface area contributed by atoms with Crippen LogP contribution in [-0.4, -0.2) is 30.8 Å². The number of carbonyl (C=O) groups excluding carboxylic acids is 1. The topological polar surface area (TPSA) is 20.3 Å². The SMILES string of the molecule is O=CCCN1CCC2(CCCCC2)CC1. The molecule has 0 aromatic rings. The van der Waals surface area contributed by atoms with Crippen LogP contribution in [0.4, 0.5) is 0 Å². The molecule has 15 heavy (non-hydrogen) atoms. The molecule has 0 radical (unpaired) electrons. The van der Waals surface area contributed by atoms with E-state index in [1.54, 1.807) is 0 Å². The number of nitrogens with zero attached hydrogens (tertiary/aromatic N) is 1. The molecule has 0 N–H and O–H groups in total. The van der Waals surface area contributed by atoms with Gasteiger partial charge in [0.2, 0.25) is 0 Å². The summed E-state index contributed by atoms with van der Waals surface area (Å²) >= 11 is 0. The van der Waals surface area contributed by atoms with E-state index in [9.17, 15) is 4.79 Å². The summed E-state index contributed by atoms with van der Waals surface area (Å²) < 4.78 is 0. The molecule has 1 heterocycles. The van der Waals surface area contributed by atoms with Crippen LogP contribution in [0.2, 0.25) is 0 Å². The summed E-state index contributed by atoms with van der Waals surface area (Å²) in [6, 6.07) is 0. The standard InChI is InChI=1S/C13H23NO/c15-12-4-9-14-10-7-13(8-11-14)5-2-1-3-6-13/h12H,1-11H2. The normalized spacial score (nSPS) is 26.7. The van der Waals surface area contributed by atoms with Gasteiger partial charge in [0.25, 0.3) is 0 Å². The van der Waals surface area contributed by atoms with E-state index < -0.39 is 0 Å². The van der Waals surface area contributed by atoms with Crippen molar-refractivity contribution >= 4 is 6.29 Å². The summed E-state index contributed by atoms with van der Waals surface area (Å²) in [6.45, 7) is 3.45. The molecule has 0 bridgehead atoms. The fourth-order valence-electron chi connectivity index (χ4n) is 3.29. The van der Waals surface area contributed by atoms with Crippen molar-refractivity contribution < 1.29 is 4.79 Å². The maximum atomic E-state index is 10.3. The molecule has 1 spiro atoms. The average molecular weight is 209 g/mol. The second-order valence-electron chi connectivity index (χ2n) is 5.36. The smallest absolute Gasteiger partial charge is 0.121 e. The van der Waals surface area contributed by atoms with E-state index in [0.717, 1.165) is 12.8 Å². The lowest BCUT2D eigenvalue weighted by molar-refractivity contribution is -0.108. The Hall–Kier alpha value is -0.370. The van der Waals surface area contributed by atoms with Crippen LogP contribution in [0.5, 0.6) is 0 Å². The zero-order chi connectivity index (χ0) is 10.6. The molecule has 0 aromatic carbocycles. The van der Waals surface area contributed by atoms with Crippen molar-refractivity contribution in [3.8, 4) is 0 Å². The minimum absolute atomic E-state index is 0.704. The Morgan fingerprint density at radius 1 is 1.00 bits per heavy atom. The van der Waals surface area contributed by atoms with E-state index in [2.05, 4.69) is 4.90 Å². The molecule has 0 atom stereocenters. The Labute approximate surface area is 93.0 Å². The van der Waals surface area contributed by atoms with Gasteiger partial charge in [0.15, 0.2) is 0 Å². The van der Waals surface area contributed by atoms with E-state index in [-0.39, 0.29) is 0 Å². The van der Waals surface area contributed by atoms with Crippen molar-refractivity contribution in [3.05, 3.63) is 0 Å². The molecule has 0 unspecified atom stereocenters. The van der Waals surface area contributed by atoms with Crippen LogP contribution in [0, 0.1) is 5.41 Å². The molecule has 1 aliphatic heterocycles. The van der Waals surface area contributed by atoms with Crippen molar-refractivity contribution in [2.24, 2.45) is 5.41 Å². The van der Waals surface area contributed by atoms with Crippen LogP contribution in [0.1, 0.15) is 51.4 Å². The number of hydrogen-bond acceptors (Lipinski definition) is 2. The van der Waals surface area contributed by atoms with Gasteiger partial charge in [0, 0.05) is 13.0 Å². The molecule has 1 aliphatic carbocycles. The predicted octanol–water partition coefficient (Wildman–Crippen LogP) is 2.62. The molecule has 1 saturated carbocycles. The Bertz CT molecular complexity index is 199. The van der Waals surface area contributed by atoms with Gasteiger partial charge in [-0.15, -0.1) is 0 Å². The van der Waals surface area contributed by atoms with Gasteiger partial charge in [-0.3, -0.25) is 0 Å². The van der Waals surface area contributed by atoms with Crippen molar-refractivity contribution in [2.45, 2.75) is 51.4 Å². The Morgan fingerprint density at radius 3 is 2.27 bits per heavy atom. The number of piperidine rings is 1. The minimum Gasteiger partial charge on any atom is -0.303 e. The van der Waals surface area contributed by atoms with Gasteiger partial charge in [-0.1, -0.05) is 19.3 Å².